The lowest BCUT2D eigenvalue weighted by atomic mass is 9.71. The van der Waals surface area contributed by atoms with Gasteiger partial charge in [0.1, 0.15) is 0 Å². The van der Waals surface area contributed by atoms with Gasteiger partial charge in [0.15, 0.2) is 0 Å². The van der Waals surface area contributed by atoms with Gasteiger partial charge in [-0.15, -0.1) is 0 Å². The van der Waals surface area contributed by atoms with Crippen molar-refractivity contribution in [3.63, 3.8) is 0 Å². The fraction of sp³-hybridized carbons (Fsp3) is 0.875. The summed E-state index contributed by atoms with van der Waals surface area (Å²) in [7, 11) is 0. The van der Waals surface area contributed by atoms with E-state index in [0.29, 0.717) is 24.7 Å². The number of nitrogens with one attached hydrogen (secondary N) is 2. The predicted octanol–water partition coefficient (Wildman–Crippen LogP) is 3.00. The van der Waals surface area contributed by atoms with Crippen molar-refractivity contribution in [1.29, 1.82) is 0 Å². The van der Waals surface area contributed by atoms with E-state index in [1.807, 2.05) is 6.92 Å². The molecule has 1 aliphatic rings. The van der Waals surface area contributed by atoms with Gasteiger partial charge in [0.25, 0.3) is 0 Å². The first-order chi connectivity index (χ1) is 9.80. The minimum Gasteiger partial charge on any atom is -0.481 e. The zero-order chi connectivity index (χ0) is 16.0. The largest absolute Gasteiger partial charge is 0.481 e. The number of hydrogen-bond donors (Lipinski definition) is 3. The second-order valence-electron chi connectivity index (χ2n) is 6.85. The van der Waals surface area contributed by atoms with Gasteiger partial charge in [0, 0.05) is 12.6 Å². The van der Waals surface area contributed by atoms with Gasteiger partial charge in [-0.2, -0.15) is 0 Å². The van der Waals surface area contributed by atoms with Gasteiger partial charge in [-0.1, -0.05) is 27.7 Å². The number of urea groups is 1. The molecule has 0 aromatic heterocycles. The molecule has 0 bridgehead atoms. The van der Waals surface area contributed by atoms with E-state index < -0.39 is 11.4 Å². The Morgan fingerprint density at radius 2 is 1.86 bits per heavy atom. The van der Waals surface area contributed by atoms with Crippen LogP contribution in [0, 0.1) is 17.3 Å². The van der Waals surface area contributed by atoms with Crippen molar-refractivity contribution in [2.45, 2.75) is 65.8 Å². The first-order valence-corrected chi connectivity index (χ1v) is 8.08. The molecule has 0 aliphatic heterocycles. The summed E-state index contributed by atoms with van der Waals surface area (Å²) in [5, 5.41) is 15.2. The summed E-state index contributed by atoms with van der Waals surface area (Å²) in [6.45, 7) is 8.54. The molecule has 0 heterocycles. The van der Waals surface area contributed by atoms with Crippen LogP contribution in [0.25, 0.3) is 0 Å². The van der Waals surface area contributed by atoms with Crippen LogP contribution >= 0.6 is 0 Å². The average Bonchev–Trinajstić information content (AvgIpc) is 2.43. The lowest BCUT2D eigenvalue weighted by Crippen LogP contribution is -2.50. The average molecular weight is 298 g/mol. The van der Waals surface area contributed by atoms with Crippen LogP contribution in [-0.2, 0) is 4.79 Å². The lowest BCUT2D eigenvalue weighted by molar-refractivity contribution is -0.151. The van der Waals surface area contributed by atoms with E-state index in [1.165, 1.54) is 0 Å². The maximum atomic E-state index is 12.0. The van der Waals surface area contributed by atoms with Gasteiger partial charge in [-0.05, 0) is 43.9 Å². The molecule has 1 aliphatic carbocycles. The van der Waals surface area contributed by atoms with E-state index in [-0.39, 0.29) is 18.6 Å². The van der Waals surface area contributed by atoms with E-state index in [9.17, 15) is 14.7 Å². The fourth-order valence-electron chi connectivity index (χ4n) is 2.99. The number of rotatable bonds is 6. The number of carbonyl (C=O) groups excluding carboxylic acids is 1. The molecule has 1 unspecified atom stereocenters. The highest BCUT2D eigenvalue weighted by molar-refractivity contribution is 5.78. The smallest absolute Gasteiger partial charge is 0.315 e. The molecule has 5 nitrogen and oxygen atoms in total. The molecule has 1 atom stereocenters. The number of hydrogen-bond acceptors (Lipinski definition) is 2. The van der Waals surface area contributed by atoms with Crippen molar-refractivity contribution < 1.29 is 14.7 Å². The Balaban J connectivity index is 2.54. The Morgan fingerprint density at radius 1 is 1.29 bits per heavy atom. The first kappa shape index (κ1) is 17.8. The quantitative estimate of drug-likeness (QED) is 0.705. The number of amides is 2. The van der Waals surface area contributed by atoms with Crippen molar-refractivity contribution in [3.8, 4) is 0 Å². The third-order valence-corrected chi connectivity index (χ3v) is 4.83. The normalized spacial score (nSPS) is 27.2. The topological polar surface area (TPSA) is 78.4 Å². The molecule has 5 heteroatoms. The summed E-state index contributed by atoms with van der Waals surface area (Å²) in [6, 6.07) is -0.132. The van der Waals surface area contributed by atoms with Crippen LogP contribution in [0.15, 0.2) is 0 Å². The van der Waals surface area contributed by atoms with Gasteiger partial charge < -0.3 is 15.7 Å². The summed E-state index contributed by atoms with van der Waals surface area (Å²) >= 11 is 0. The molecule has 0 saturated heterocycles. The van der Waals surface area contributed by atoms with Gasteiger partial charge >= 0.3 is 12.0 Å². The minimum atomic E-state index is -0.788. The van der Waals surface area contributed by atoms with Crippen LogP contribution < -0.4 is 10.6 Å². The Morgan fingerprint density at radius 3 is 2.29 bits per heavy atom. The predicted molar refractivity (Wildman–Crippen MR) is 83.2 cm³/mol. The molecule has 1 fully saturated rings. The SMILES string of the molecule is CCC(NC(=O)NCC1(C(=O)O)CCC(C)CC1)C(C)C. The van der Waals surface area contributed by atoms with Crippen molar-refractivity contribution in [2.24, 2.45) is 17.3 Å². The molecule has 2 amide bonds. The van der Waals surface area contributed by atoms with Crippen LogP contribution in [0.5, 0.6) is 0 Å². The van der Waals surface area contributed by atoms with Crippen LogP contribution in [-0.4, -0.2) is 29.7 Å². The molecule has 0 spiro atoms. The molecule has 1 rings (SSSR count). The number of carboxylic acids is 1. The monoisotopic (exact) mass is 298 g/mol. The van der Waals surface area contributed by atoms with Crippen LogP contribution in [0.1, 0.15) is 59.8 Å². The molecule has 0 radical (unpaired) electrons. The number of aliphatic carboxylic acids is 1. The Labute approximate surface area is 127 Å². The fourth-order valence-corrected chi connectivity index (χ4v) is 2.99. The number of carboxylic acid groups (broad SMARTS) is 1. The summed E-state index contributed by atoms with van der Waals surface area (Å²) in [5.74, 6) is 0.159. The molecular weight excluding hydrogens is 268 g/mol. The highest BCUT2D eigenvalue weighted by Gasteiger charge is 2.41. The van der Waals surface area contributed by atoms with Crippen molar-refractivity contribution in [3.05, 3.63) is 0 Å². The molecule has 3 N–H and O–H groups in total. The van der Waals surface area contributed by atoms with Gasteiger partial charge in [0.2, 0.25) is 0 Å². The second-order valence-corrected chi connectivity index (χ2v) is 6.85. The van der Waals surface area contributed by atoms with Crippen LogP contribution in [0.3, 0.4) is 0 Å². The zero-order valence-corrected chi connectivity index (χ0v) is 13.7. The first-order valence-electron chi connectivity index (χ1n) is 8.08. The lowest BCUT2D eigenvalue weighted by Gasteiger charge is -2.36. The van der Waals surface area contributed by atoms with Gasteiger partial charge in [-0.3, -0.25) is 4.79 Å². The highest BCUT2D eigenvalue weighted by Crippen LogP contribution is 2.38. The van der Waals surface area contributed by atoms with E-state index in [1.54, 1.807) is 0 Å². The third kappa shape index (κ3) is 4.90. The second kappa shape index (κ2) is 7.66. The maximum Gasteiger partial charge on any atom is 0.315 e. The zero-order valence-electron chi connectivity index (χ0n) is 13.7. The summed E-state index contributed by atoms with van der Waals surface area (Å²) < 4.78 is 0. The molecule has 1 saturated carbocycles. The highest BCUT2D eigenvalue weighted by atomic mass is 16.4. The van der Waals surface area contributed by atoms with E-state index in [0.717, 1.165) is 19.3 Å². The summed E-state index contributed by atoms with van der Waals surface area (Å²) in [4.78, 5) is 23.6. The molecule has 122 valence electrons. The van der Waals surface area contributed by atoms with Crippen LogP contribution in [0.2, 0.25) is 0 Å². The Bertz CT molecular complexity index is 361. The van der Waals surface area contributed by atoms with Gasteiger partial charge in [-0.25, -0.2) is 4.79 Å². The van der Waals surface area contributed by atoms with Crippen molar-refractivity contribution >= 4 is 12.0 Å². The summed E-state index contributed by atoms with van der Waals surface area (Å²) in [5.41, 5.74) is -0.788. The number of carbonyl (C=O) groups is 2. The molecule has 0 aromatic rings. The standard InChI is InChI=1S/C16H30N2O3/c1-5-13(11(2)3)18-15(21)17-10-16(14(19)20)8-6-12(4)7-9-16/h11-13H,5-10H2,1-4H3,(H,19,20)(H2,17,18,21). The van der Waals surface area contributed by atoms with E-state index >= 15 is 0 Å². The summed E-state index contributed by atoms with van der Waals surface area (Å²) in [6.07, 6.45) is 3.99. The van der Waals surface area contributed by atoms with Gasteiger partial charge in [0.05, 0.1) is 5.41 Å². The molecule has 0 aromatic carbocycles. The maximum absolute atomic E-state index is 12.0. The molecule has 21 heavy (non-hydrogen) atoms. The van der Waals surface area contributed by atoms with Crippen molar-refractivity contribution in [1.82, 2.24) is 10.6 Å². The van der Waals surface area contributed by atoms with Crippen molar-refractivity contribution in [2.75, 3.05) is 6.54 Å². The minimum absolute atomic E-state index is 0.122. The van der Waals surface area contributed by atoms with Crippen LogP contribution in [0.4, 0.5) is 4.79 Å². The Hall–Kier alpha value is -1.26. The molecular formula is C16H30N2O3. The van der Waals surface area contributed by atoms with E-state index in [4.69, 9.17) is 0 Å². The van der Waals surface area contributed by atoms with E-state index in [2.05, 4.69) is 31.4 Å². The Kier molecular flexibility index (Phi) is 6.49. The third-order valence-electron chi connectivity index (χ3n) is 4.83.